The van der Waals surface area contributed by atoms with E-state index < -0.39 is 11.9 Å². The molecule has 0 bridgehead atoms. The molecule has 0 fully saturated rings. The van der Waals surface area contributed by atoms with Crippen LogP contribution < -0.4 is 15.2 Å². The van der Waals surface area contributed by atoms with E-state index in [0.717, 1.165) is 0 Å². The fourth-order valence-electron chi connectivity index (χ4n) is 2.71. The van der Waals surface area contributed by atoms with Crippen molar-refractivity contribution in [1.82, 2.24) is 9.97 Å². The summed E-state index contributed by atoms with van der Waals surface area (Å²) in [5.74, 6) is 0.0975. The van der Waals surface area contributed by atoms with E-state index in [0.29, 0.717) is 22.4 Å². The third-order valence-electron chi connectivity index (χ3n) is 4.16. The second kappa shape index (κ2) is 9.66. The predicted octanol–water partition coefficient (Wildman–Crippen LogP) is 5.34. The highest BCUT2D eigenvalue weighted by Crippen LogP contribution is 2.37. The first-order chi connectivity index (χ1) is 14.3. The number of rotatable bonds is 7. The molecule has 0 amide bonds. The highest BCUT2D eigenvalue weighted by Gasteiger charge is 2.20. The number of hydrogen-bond donors (Lipinski definition) is 2. The first-order valence-electron chi connectivity index (χ1n) is 8.77. The van der Waals surface area contributed by atoms with Crippen molar-refractivity contribution < 1.29 is 19.0 Å². The predicted molar refractivity (Wildman–Crippen MR) is 115 cm³/mol. The molecular weight excluding hydrogens is 456 g/mol. The minimum Gasteiger partial charge on any atom is -0.488 e. The van der Waals surface area contributed by atoms with E-state index in [4.69, 9.17) is 55.1 Å². The molecular formula is C20H17Cl3FN3O3. The smallest absolute Gasteiger partial charge is 0.171 e. The van der Waals surface area contributed by atoms with Gasteiger partial charge in [-0.15, -0.1) is 0 Å². The lowest BCUT2D eigenvalue weighted by molar-refractivity contribution is 0.201. The summed E-state index contributed by atoms with van der Waals surface area (Å²) in [7, 11) is 0. The van der Waals surface area contributed by atoms with Gasteiger partial charge in [-0.2, -0.15) is 0 Å². The molecule has 1 aromatic carbocycles. The van der Waals surface area contributed by atoms with Gasteiger partial charge in [0.1, 0.15) is 18.5 Å². The molecule has 0 aliphatic heterocycles. The molecule has 1 atom stereocenters. The molecule has 3 aromatic rings. The van der Waals surface area contributed by atoms with Gasteiger partial charge in [-0.25, -0.2) is 14.4 Å². The molecule has 6 nitrogen and oxygen atoms in total. The molecule has 0 unspecified atom stereocenters. The zero-order valence-corrected chi connectivity index (χ0v) is 18.0. The van der Waals surface area contributed by atoms with Gasteiger partial charge in [0.25, 0.3) is 0 Å². The van der Waals surface area contributed by atoms with E-state index in [1.807, 2.05) is 0 Å². The third-order valence-corrected chi connectivity index (χ3v) is 5.16. The SMILES string of the molecule is C[C@@H](Oc1cc(-c2cnc(Cl)c(OCCO)c2)cnc1N)c1c(Cl)ccc(F)c1Cl. The molecule has 0 aliphatic rings. The molecule has 30 heavy (non-hydrogen) atoms. The van der Waals surface area contributed by atoms with Crippen LogP contribution in [0.4, 0.5) is 10.2 Å². The minimum atomic E-state index is -0.702. The van der Waals surface area contributed by atoms with Crippen molar-refractivity contribution in [2.45, 2.75) is 13.0 Å². The van der Waals surface area contributed by atoms with Crippen molar-refractivity contribution in [3.8, 4) is 22.6 Å². The molecule has 10 heteroatoms. The second-order valence-electron chi connectivity index (χ2n) is 6.21. The fraction of sp³-hybridized carbons (Fsp3) is 0.200. The van der Waals surface area contributed by atoms with Crippen LogP contribution in [-0.4, -0.2) is 28.3 Å². The Morgan fingerprint density at radius 3 is 2.47 bits per heavy atom. The number of aliphatic hydroxyl groups is 1. The number of aliphatic hydroxyl groups excluding tert-OH is 1. The van der Waals surface area contributed by atoms with Crippen molar-refractivity contribution in [3.05, 3.63) is 63.2 Å². The van der Waals surface area contributed by atoms with Crippen molar-refractivity contribution in [2.75, 3.05) is 18.9 Å². The Bertz CT molecular complexity index is 1070. The summed E-state index contributed by atoms with van der Waals surface area (Å²) in [5, 5.41) is 9.25. The number of halogens is 4. The average Bonchev–Trinajstić information content (AvgIpc) is 2.72. The number of anilines is 1. The summed E-state index contributed by atoms with van der Waals surface area (Å²) in [4.78, 5) is 8.23. The Morgan fingerprint density at radius 1 is 1.10 bits per heavy atom. The molecule has 158 valence electrons. The average molecular weight is 473 g/mol. The Balaban J connectivity index is 1.92. The number of benzene rings is 1. The molecule has 3 N–H and O–H groups in total. The van der Waals surface area contributed by atoms with Gasteiger partial charge in [-0.05, 0) is 31.2 Å². The number of ether oxygens (including phenoxy) is 2. The molecule has 0 aliphatic carbocycles. The number of nitrogens with zero attached hydrogens (tertiary/aromatic N) is 2. The van der Waals surface area contributed by atoms with E-state index in [-0.39, 0.29) is 40.0 Å². The maximum absolute atomic E-state index is 13.9. The summed E-state index contributed by atoms with van der Waals surface area (Å²) in [6.07, 6.45) is 2.37. The van der Waals surface area contributed by atoms with E-state index in [9.17, 15) is 4.39 Å². The molecule has 0 saturated carbocycles. The second-order valence-corrected chi connectivity index (χ2v) is 7.35. The molecule has 0 saturated heterocycles. The monoisotopic (exact) mass is 471 g/mol. The van der Waals surface area contributed by atoms with Gasteiger partial charge in [0.05, 0.1) is 11.6 Å². The van der Waals surface area contributed by atoms with Gasteiger partial charge in [-0.1, -0.05) is 34.8 Å². The molecule has 3 rings (SSSR count). The Labute approximate surface area is 187 Å². The van der Waals surface area contributed by atoms with Gasteiger partial charge in [0, 0.05) is 34.1 Å². The molecule has 0 radical (unpaired) electrons. The van der Waals surface area contributed by atoms with Gasteiger partial charge in [0.2, 0.25) is 0 Å². The van der Waals surface area contributed by atoms with E-state index in [1.54, 1.807) is 19.1 Å². The van der Waals surface area contributed by atoms with Crippen molar-refractivity contribution >= 4 is 40.6 Å². The lowest BCUT2D eigenvalue weighted by atomic mass is 10.1. The summed E-state index contributed by atoms with van der Waals surface area (Å²) in [6, 6.07) is 5.90. The zero-order chi connectivity index (χ0) is 21.8. The molecule has 2 aromatic heterocycles. The van der Waals surface area contributed by atoms with E-state index >= 15 is 0 Å². The van der Waals surface area contributed by atoms with Gasteiger partial charge < -0.3 is 20.3 Å². The molecule has 0 spiro atoms. The van der Waals surface area contributed by atoms with Gasteiger partial charge in [0.15, 0.2) is 22.5 Å². The third kappa shape index (κ3) is 4.87. The van der Waals surface area contributed by atoms with Crippen LogP contribution in [0.15, 0.2) is 36.7 Å². The van der Waals surface area contributed by atoms with Crippen LogP contribution in [0.5, 0.6) is 11.5 Å². The Hall–Kier alpha value is -2.32. The summed E-state index contributed by atoms with van der Waals surface area (Å²) < 4.78 is 25.1. The number of nitrogen functional groups attached to an aromatic ring is 1. The van der Waals surface area contributed by atoms with Crippen LogP contribution in [0.1, 0.15) is 18.6 Å². The van der Waals surface area contributed by atoms with Crippen molar-refractivity contribution in [2.24, 2.45) is 0 Å². The zero-order valence-electron chi connectivity index (χ0n) is 15.7. The maximum atomic E-state index is 13.9. The summed E-state index contributed by atoms with van der Waals surface area (Å²) in [6.45, 7) is 1.58. The lowest BCUT2D eigenvalue weighted by Crippen LogP contribution is -2.08. The fourth-order valence-corrected chi connectivity index (χ4v) is 3.55. The van der Waals surface area contributed by atoms with Gasteiger partial charge in [-0.3, -0.25) is 0 Å². The highest BCUT2D eigenvalue weighted by atomic mass is 35.5. The highest BCUT2D eigenvalue weighted by molar-refractivity contribution is 6.36. The summed E-state index contributed by atoms with van der Waals surface area (Å²) in [5.41, 5.74) is 7.52. The van der Waals surface area contributed by atoms with Crippen molar-refractivity contribution in [1.29, 1.82) is 0 Å². The summed E-state index contributed by atoms with van der Waals surface area (Å²) >= 11 is 18.3. The largest absolute Gasteiger partial charge is 0.488 e. The quantitative estimate of drug-likeness (QED) is 0.356. The van der Waals surface area contributed by atoms with Crippen LogP contribution in [-0.2, 0) is 0 Å². The number of nitrogens with two attached hydrogens (primary N) is 1. The Kier molecular flexibility index (Phi) is 7.20. The normalized spacial score (nSPS) is 11.9. The van der Waals surface area contributed by atoms with Crippen LogP contribution in [0.2, 0.25) is 15.2 Å². The topological polar surface area (TPSA) is 90.5 Å². The first kappa shape index (κ1) is 22.4. The minimum absolute atomic E-state index is 0.0753. The van der Waals surface area contributed by atoms with Crippen LogP contribution in [0, 0.1) is 5.82 Å². The van der Waals surface area contributed by atoms with Crippen molar-refractivity contribution in [3.63, 3.8) is 0 Å². The lowest BCUT2D eigenvalue weighted by Gasteiger charge is -2.19. The van der Waals surface area contributed by atoms with Crippen LogP contribution >= 0.6 is 34.8 Å². The number of pyridine rings is 2. The standard InChI is InChI=1S/C20H17Cl3FN3O3/c1-10(17-13(21)2-3-14(24)18(17)22)30-16-7-12(9-27-20(16)25)11-6-15(29-5-4-28)19(23)26-8-11/h2-3,6-10,28H,4-5H2,1H3,(H2,25,27)/t10-/m1/s1. The van der Waals surface area contributed by atoms with E-state index in [1.165, 1.54) is 24.5 Å². The Morgan fingerprint density at radius 2 is 1.77 bits per heavy atom. The van der Waals surface area contributed by atoms with Crippen LogP contribution in [0.3, 0.4) is 0 Å². The van der Waals surface area contributed by atoms with Crippen LogP contribution in [0.25, 0.3) is 11.1 Å². The first-order valence-corrected chi connectivity index (χ1v) is 9.90. The maximum Gasteiger partial charge on any atom is 0.171 e. The van der Waals surface area contributed by atoms with E-state index in [2.05, 4.69) is 9.97 Å². The van der Waals surface area contributed by atoms with Gasteiger partial charge >= 0.3 is 0 Å². The number of aromatic nitrogens is 2. The molecule has 2 heterocycles. The number of hydrogen-bond acceptors (Lipinski definition) is 6.